The summed E-state index contributed by atoms with van der Waals surface area (Å²) in [6, 6.07) is 14.6. The molecule has 0 unspecified atom stereocenters. The van der Waals surface area contributed by atoms with Crippen molar-refractivity contribution in [3.8, 4) is 5.75 Å². The number of hydrogen-bond donors (Lipinski definition) is 0. The van der Waals surface area contributed by atoms with Gasteiger partial charge in [-0.1, -0.05) is 43.7 Å². The molecule has 0 aromatic heterocycles. The number of rotatable bonds is 7. The van der Waals surface area contributed by atoms with Crippen molar-refractivity contribution in [2.75, 3.05) is 13.7 Å². The van der Waals surface area contributed by atoms with Gasteiger partial charge in [0.25, 0.3) is 0 Å². The summed E-state index contributed by atoms with van der Waals surface area (Å²) in [5.41, 5.74) is 2.43. The first-order valence-electron chi connectivity index (χ1n) is 8.82. The van der Waals surface area contributed by atoms with Crippen molar-refractivity contribution < 1.29 is 19.1 Å². The van der Waals surface area contributed by atoms with Crippen molar-refractivity contribution in [2.45, 2.75) is 33.2 Å². The maximum atomic E-state index is 12.4. The fourth-order valence-corrected chi connectivity index (χ4v) is 2.54. The van der Waals surface area contributed by atoms with Crippen molar-refractivity contribution >= 4 is 12.1 Å². The number of amides is 1. The Morgan fingerprint density at radius 3 is 2.35 bits per heavy atom. The molecule has 26 heavy (non-hydrogen) atoms. The number of esters is 1. The van der Waals surface area contributed by atoms with Crippen molar-refractivity contribution in [3.05, 3.63) is 65.2 Å². The molecule has 2 rings (SSSR count). The van der Waals surface area contributed by atoms with Crippen molar-refractivity contribution in [1.82, 2.24) is 4.90 Å². The molecule has 0 fully saturated rings. The first kappa shape index (κ1) is 19.5. The van der Waals surface area contributed by atoms with Crippen LogP contribution in [0, 0.1) is 0 Å². The number of carbonyl (C=O) groups is 2. The molecular formula is C21H25NO4. The first-order valence-corrected chi connectivity index (χ1v) is 8.82. The number of aryl methyl sites for hydroxylation is 1. The average molecular weight is 355 g/mol. The lowest BCUT2D eigenvalue weighted by atomic mass is 10.1. The van der Waals surface area contributed by atoms with Gasteiger partial charge in [0.15, 0.2) is 0 Å². The fourth-order valence-electron chi connectivity index (χ4n) is 2.54. The Morgan fingerprint density at radius 2 is 1.69 bits per heavy atom. The van der Waals surface area contributed by atoms with Crippen LogP contribution in [-0.4, -0.2) is 30.6 Å². The summed E-state index contributed by atoms with van der Waals surface area (Å²) in [4.78, 5) is 25.7. The van der Waals surface area contributed by atoms with Crippen LogP contribution in [-0.2, 0) is 17.7 Å². The topological polar surface area (TPSA) is 55.8 Å². The van der Waals surface area contributed by atoms with E-state index in [-0.39, 0.29) is 6.54 Å². The molecule has 0 heterocycles. The van der Waals surface area contributed by atoms with Crippen LogP contribution in [0.4, 0.5) is 4.79 Å². The largest absolute Gasteiger partial charge is 0.450 e. The first-order chi connectivity index (χ1) is 12.5. The smallest absolute Gasteiger partial charge is 0.409 e. The number of para-hydroxylation sites is 1. The Morgan fingerprint density at radius 1 is 1.00 bits per heavy atom. The number of nitrogens with zero attached hydrogens (tertiary/aromatic N) is 1. The van der Waals surface area contributed by atoms with Gasteiger partial charge in [0.2, 0.25) is 0 Å². The second kappa shape index (κ2) is 9.61. The molecule has 2 aromatic carbocycles. The lowest BCUT2D eigenvalue weighted by molar-refractivity contribution is 0.0732. The van der Waals surface area contributed by atoms with Crippen LogP contribution in [0.3, 0.4) is 0 Å². The summed E-state index contributed by atoms with van der Waals surface area (Å²) in [6.45, 7) is 4.48. The van der Waals surface area contributed by atoms with Crippen LogP contribution in [0.5, 0.6) is 5.75 Å². The Bertz CT molecular complexity index is 740. The van der Waals surface area contributed by atoms with E-state index in [1.807, 2.05) is 24.3 Å². The molecule has 138 valence electrons. The number of carbonyl (C=O) groups excluding carboxylic acids is 2. The van der Waals surface area contributed by atoms with E-state index in [0.29, 0.717) is 17.9 Å². The van der Waals surface area contributed by atoms with Gasteiger partial charge >= 0.3 is 12.1 Å². The minimum Gasteiger partial charge on any atom is -0.450 e. The third kappa shape index (κ3) is 5.34. The van der Waals surface area contributed by atoms with Crippen LogP contribution in [0.1, 0.15) is 41.8 Å². The van der Waals surface area contributed by atoms with Crippen LogP contribution in [0.15, 0.2) is 48.5 Å². The predicted octanol–water partition coefficient (Wildman–Crippen LogP) is 4.45. The van der Waals surface area contributed by atoms with Gasteiger partial charge in [-0.15, -0.1) is 0 Å². The molecule has 0 atom stereocenters. The van der Waals surface area contributed by atoms with Crippen molar-refractivity contribution in [3.63, 3.8) is 0 Å². The van der Waals surface area contributed by atoms with E-state index in [1.54, 1.807) is 38.2 Å². The molecule has 0 spiro atoms. The van der Waals surface area contributed by atoms with Gasteiger partial charge in [-0.05, 0) is 37.1 Å². The Hall–Kier alpha value is -2.82. The van der Waals surface area contributed by atoms with Gasteiger partial charge in [-0.3, -0.25) is 0 Å². The van der Waals surface area contributed by atoms with Crippen LogP contribution < -0.4 is 4.74 Å². The molecule has 0 N–H and O–H groups in total. The van der Waals surface area contributed by atoms with E-state index < -0.39 is 12.1 Å². The number of ether oxygens (including phenoxy) is 2. The zero-order chi connectivity index (χ0) is 18.9. The minimum atomic E-state index is -0.417. The highest BCUT2D eigenvalue weighted by Crippen LogP contribution is 2.21. The monoisotopic (exact) mass is 355 g/mol. The van der Waals surface area contributed by atoms with E-state index in [2.05, 4.69) is 6.92 Å². The lowest BCUT2D eigenvalue weighted by Gasteiger charge is -2.18. The van der Waals surface area contributed by atoms with Crippen LogP contribution in [0.25, 0.3) is 0 Å². The summed E-state index contributed by atoms with van der Waals surface area (Å²) in [5.74, 6) is 0.0190. The predicted molar refractivity (Wildman–Crippen MR) is 100 cm³/mol. The van der Waals surface area contributed by atoms with Gasteiger partial charge in [-0.2, -0.15) is 0 Å². The molecule has 5 heteroatoms. The van der Waals surface area contributed by atoms with E-state index in [9.17, 15) is 9.59 Å². The van der Waals surface area contributed by atoms with Gasteiger partial charge in [0.05, 0.1) is 18.7 Å². The normalized spacial score (nSPS) is 10.3. The second-order valence-electron chi connectivity index (χ2n) is 6.00. The Kier molecular flexibility index (Phi) is 7.21. The molecule has 1 amide bonds. The number of benzene rings is 2. The van der Waals surface area contributed by atoms with Crippen LogP contribution >= 0.6 is 0 Å². The van der Waals surface area contributed by atoms with Gasteiger partial charge in [-0.25, -0.2) is 9.59 Å². The summed E-state index contributed by atoms with van der Waals surface area (Å²) < 4.78 is 10.5. The van der Waals surface area contributed by atoms with Crippen LogP contribution in [0.2, 0.25) is 0 Å². The van der Waals surface area contributed by atoms with Gasteiger partial charge < -0.3 is 14.4 Å². The molecule has 0 bridgehead atoms. The number of hydrogen-bond acceptors (Lipinski definition) is 4. The lowest BCUT2D eigenvalue weighted by Crippen LogP contribution is -2.27. The highest BCUT2D eigenvalue weighted by Gasteiger charge is 2.15. The maximum Gasteiger partial charge on any atom is 0.409 e. The molecule has 0 aliphatic heterocycles. The molecule has 0 saturated carbocycles. The molecular weight excluding hydrogens is 330 g/mol. The molecule has 0 aliphatic rings. The molecule has 0 saturated heterocycles. The van der Waals surface area contributed by atoms with Crippen molar-refractivity contribution in [2.24, 2.45) is 0 Å². The zero-order valence-corrected chi connectivity index (χ0v) is 15.5. The second-order valence-corrected chi connectivity index (χ2v) is 6.00. The molecule has 0 radical (unpaired) electrons. The Balaban J connectivity index is 2.09. The fraction of sp³-hybridized carbons (Fsp3) is 0.333. The third-order valence-corrected chi connectivity index (χ3v) is 3.89. The minimum absolute atomic E-state index is 0.289. The average Bonchev–Trinajstić information content (AvgIpc) is 2.64. The van der Waals surface area contributed by atoms with E-state index in [4.69, 9.17) is 9.47 Å². The third-order valence-electron chi connectivity index (χ3n) is 3.89. The van der Waals surface area contributed by atoms with E-state index in [0.717, 1.165) is 18.4 Å². The van der Waals surface area contributed by atoms with Crippen molar-refractivity contribution in [1.29, 1.82) is 0 Å². The van der Waals surface area contributed by atoms with Gasteiger partial charge in [0, 0.05) is 12.6 Å². The quantitative estimate of drug-likeness (QED) is 0.544. The standard InChI is InChI=1S/C21H25NO4/c1-4-8-16-11-13-17(14-12-16)20(23)26-19-10-7-6-9-18(19)15-22(3)21(24)25-5-2/h6-7,9-14H,4-5,8,15H2,1-3H3. The molecule has 5 nitrogen and oxygen atoms in total. The molecule has 0 aliphatic carbocycles. The highest BCUT2D eigenvalue weighted by molar-refractivity contribution is 5.91. The van der Waals surface area contributed by atoms with Gasteiger partial charge in [0.1, 0.15) is 5.75 Å². The van der Waals surface area contributed by atoms with E-state index >= 15 is 0 Å². The highest BCUT2D eigenvalue weighted by atomic mass is 16.6. The molecule has 2 aromatic rings. The summed E-state index contributed by atoms with van der Waals surface area (Å²) in [6.07, 6.45) is 1.63. The Labute approximate surface area is 154 Å². The maximum absolute atomic E-state index is 12.4. The summed E-state index contributed by atoms with van der Waals surface area (Å²) in [5, 5.41) is 0. The zero-order valence-electron chi connectivity index (χ0n) is 15.5. The summed E-state index contributed by atoms with van der Waals surface area (Å²) >= 11 is 0. The van der Waals surface area contributed by atoms with E-state index in [1.165, 1.54) is 10.5 Å². The summed E-state index contributed by atoms with van der Waals surface area (Å²) in [7, 11) is 1.64. The SMILES string of the molecule is CCCc1ccc(C(=O)Oc2ccccc2CN(C)C(=O)OCC)cc1.